The molecule has 0 bridgehead atoms. The van der Waals surface area contributed by atoms with E-state index in [0.717, 1.165) is 66.9 Å². The summed E-state index contributed by atoms with van der Waals surface area (Å²) in [6.07, 6.45) is 9.86. The average molecular weight is 1240 g/mol. The molecule has 2 aliphatic heterocycles. The number of pyridine rings is 2. The summed E-state index contributed by atoms with van der Waals surface area (Å²) in [5.74, 6) is 0.608. The quantitative estimate of drug-likeness (QED) is 0.148. The minimum absolute atomic E-state index is 0.136. The number of benzene rings is 2. The van der Waals surface area contributed by atoms with Crippen molar-refractivity contribution in [2.75, 3.05) is 26.2 Å². The Kier molecular flexibility index (Phi) is 17.3. The second-order valence-corrected chi connectivity index (χ2v) is 27.8. The molecule has 0 spiro atoms. The van der Waals surface area contributed by atoms with E-state index in [1.54, 1.807) is 99.6 Å². The Morgan fingerprint density at radius 2 is 1.12 bits per heavy atom. The van der Waals surface area contributed by atoms with Crippen LogP contribution in [0.15, 0.2) is 127 Å². The minimum atomic E-state index is -3.84. The van der Waals surface area contributed by atoms with Gasteiger partial charge >= 0.3 is 12.2 Å². The lowest BCUT2D eigenvalue weighted by Crippen LogP contribution is -2.41. The Bertz CT molecular complexity index is 3530. The van der Waals surface area contributed by atoms with Gasteiger partial charge in [-0.3, -0.25) is 0 Å². The fourth-order valence-electron chi connectivity index (χ4n) is 8.39. The Morgan fingerprint density at radius 1 is 0.667 bits per heavy atom. The molecule has 2 saturated heterocycles. The molecule has 2 fully saturated rings. The highest BCUT2D eigenvalue weighted by Gasteiger charge is 2.31. The first kappa shape index (κ1) is 56.0. The van der Waals surface area contributed by atoms with Crippen LogP contribution in [0, 0.1) is 0 Å². The Morgan fingerprint density at radius 3 is 1.59 bits per heavy atom. The highest BCUT2D eigenvalue weighted by atomic mass is 79.9. The zero-order valence-corrected chi connectivity index (χ0v) is 49.1. The summed E-state index contributed by atoms with van der Waals surface area (Å²) in [6.45, 7) is 13.9. The molecule has 16 nitrogen and oxygen atoms in total. The van der Waals surface area contributed by atoms with Crippen LogP contribution in [0.1, 0.15) is 89.1 Å². The highest BCUT2D eigenvalue weighted by Crippen LogP contribution is 2.39. The molecular weight excluding hydrogens is 1190 g/mol. The molecule has 23 heteroatoms. The fraction of sp³-hybridized carbons (Fsp3) is 0.346. The number of thiazole rings is 2. The molecule has 0 atom stereocenters. The number of nitrogens with one attached hydrogen (secondary N) is 1. The van der Waals surface area contributed by atoms with Gasteiger partial charge in [0.2, 0.25) is 0 Å². The van der Waals surface area contributed by atoms with E-state index in [1.807, 2.05) is 59.2 Å². The van der Waals surface area contributed by atoms with Crippen LogP contribution < -0.4 is 0 Å². The monoisotopic (exact) mass is 1240 g/mol. The molecule has 0 unspecified atom stereocenters. The number of fused-ring (bicyclic) bond motifs is 2. The van der Waals surface area contributed by atoms with Crippen molar-refractivity contribution in [2.24, 2.45) is 0 Å². The molecule has 6 aromatic heterocycles. The number of ether oxygens (including phenoxy) is 2. The molecule has 1 N–H and O–H groups in total. The maximum atomic E-state index is 13.5. The number of H-pyrrole nitrogens is 1. The van der Waals surface area contributed by atoms with Crippen LogP contribution in [0.2, 0.25) is 0 Å². The Balaban J connectivity index is 0.000000172. The number of carbonyl (C=O) groups is 2. The van der Waals surface area contributed by atoms with Crippen molar-refractivity contribution in [1.82, 2.24) is 38.7 Å². The van der Waals surface area contributed by atoms with Gasteiger partial charge in [0.15, 0.2) is 5.65 Å². The van der Waals surface area contributed by atoms with Gasteiger partial charge in [0.25, 0.3) is 19.1 Å². The van der Waals surface area contributed by atoms with Crippen molar-refractivity contribution in [3.05, 3.63) is 127 Å². The van der Waals surface area contributed by atoms with Crippen molar-refractivity contribution in [3.8, 4) is 22.5 Å². The third-order valence-electron chi connectivity index (χ3n) is 12.0. The highest BCUT2D eigenvalue weighted by molar-refractivity contribution is 9.10. The first-order chi connectivity index (χ1) is 35.4. The van der Waals surface area contributed by atoms with Crippen LogP contribution in [-0.2, 0) is 28.5 Å². The van der Waals surface area contributed by atoms with Gasteiger partial charge in [0, 0.05) is 115 Å². The Labute approximate surface area is 465 Å². The number of aromatic amines is 1. The third kappa shape index (κ3) is 14.0. The first-order valence-corrected chi connectivity index (χ1v) is 31.0. The zero-order valence-electron chi connectivity index (χ0n) is 41.9. The maximum absolute atomic E-state index is 13.5. The smallest absolute Gasteiger partial charge is 0.410 e. The van der Waals surface area contributed by atoms with E-state index in [0.29, 0.717) is 54.4 Å². The second kappa shape index (κ2) is 23.2. The lowest BCUT2D eigenvalue weighted by atomic mass is 9.98. The van der Waals surface area contributed by atoms with Crippen molar-refractivity contribution in [1.29, 1.82) is 0 Å². The van der Waals surface area contributed by atoms with E-state index in [4.69, 9.17) is 30.1 Å². The van der Waals surface area contributed by atoms with E-state index in [9.17, 15) is 26.4 Å². The van der Waals surface area contributed by atoms with Crippen LogP contribution in [0.4, 0.5) is 9.59 Å². The topological polar surface area (TPSA) is 200 Å². The molecular formula is C52H55Br2ClN8O8S4. The lowest BCUT2D eigenvalue weighted by Gasteiger charge is -2.32. The van der Waals surface area contributed by atoms with Crippen LogP contribution in [-0.4, -0.2) is 105 Å². The van der Waals surface area contributed by atoms with Crippen molar-refractivity contribution in [3.63, 3.8) is 0 Å². The van der Waals surface area contributed by atoms with Gasteiger partial charge in [-0.05, 0) is 135 Å². The normalized spacial score (nSPS) is 15.0. The SMILES string of the molecule is CC(C)(C)OC(=O)N1CCC(c2nc(-c3c[nH]c4ncc(Br)cc34)cs2)CC1.CC(C)(C)OC(=O)N1CCC(c2nc(-c3cn(S(=O)(=O)c4ccccc4)c4ncc(Br)cc34)cs2)CC1.O=S(=O)(Cl)c1ccccc1. The zero-order chi connectivity index (χ0) is 53.9. The number of amides is 2. The summed E-state index contributed by atoms with van der Waals surface area (Å²) in [6, 6.07) is 20.1. The molecule has 75 heavy (non-hydrogen) atoms. The van der Waals surface area contributed by atoms with Crippen LogP contribution in [0.3, 0.4) is 0 Å². The number of aromatic nitrogens is 6. The molecule has 396 valence electrons. The number of carbonyl (C=O) groups excluding carboxylic acids is 2. The largest absolute Gasteiger partial charge is 0.444 e. The summed E-state index contributed by atoms with van der Waals surface area (Å²) in [7, 11) is -2.34. The second-order valence-electron chi connectivity index (χ2n) is 19.8. The van der Waals surface area contributed by atoms with Crippen LogP contribution >= 0.6 is 65.2 Å². The summed E-state index contributed by atoms with van der Waals surface area (Å²) >= 11 is 10.2. The summed E-state index contributed by atoms with van der Waals surface area (Å²) < 4.78 is 62.0. The molecule has 8 heterocycles. The number of rotatable bonds is 7. The fourth-order valence-corrected chi connectivity index (χ4v) is 13.2. The van der Waals surface area contributed by atoms with Crippen molar-refractivity contribution in [2.45, 2.75) is 100 Å². The lowest BCUT2D eigenvalue weighted by molar-refractivity contribution is 0.0194. The summed E-state index contributed by atoms with van der Waals surface area (Å²) in [5, 5.41) is 7.95. The molecule has 8 aromatic rings. The van der Waals surface area contributed by atoms with Gasteiger partial charge in [-0.25, -0.2) is 50.3 Å². The number of hydrogen-bond acceptors (Lipinski definition) is 14. The Hall–Kier alpha value is -5.23. The van der Waals surface area contributed by atoms with Crippen molar-refractivity contribution < 1.29 is 35.9 Å². The van der Waals surface area contributed by atoms with Gasteiger partial charge in [-0.2, -0.15) is 0 Å². The molecule has 0 aliphatic carbocycles. The predicted octanol–water partition coefficient (Wildman–Crippen LogP) is 13.5. The third-order valence-corrected chi connectivity index (χ3v) is 17.9. The summed E-state index contributed by atoms with van der Waals surface area (Å²) in [5.41, 5.74) is 3.69. The molecule has 10 rings (SSSR count). The first-order valence-electron chi connectivity index (χ1n) is 23.9. The van der Waals surface area contributed by atoms with E-state index >= 15 is 0 Å². The van der Waals surface area contributed by atoms with Gasteiger partial charge in [-0.1, -0.05) is 36.4 Å². The van der Waals surface area contributed by atoms with E-state index in [2.05, 4.69) is 58.3 Å². The van der Waals surface area contributed by atoms with Crippen molar-refractivity contribution >= 4 is 119 Å². The average Bonchev–Trinajstić information content (AvgIpc) is 4.20. The number of hydrogen-bond donors (Lipinski definition) is 1. The van der Waals surface area contributed by atoms with E-state index in [1.165, 1.54) is 16.1 Å². The summed E-state index contributed by atoms with van der Waals surface area (Å²) in [4.78, 5) is 50.4. The molecule has 2 amide bonds. The maximum Gasteiger partial charge on any atom is 0.410 e. The van der Waals surface area contributed by atoms with Crippen LogP contribution in [0.25, 0.3) is 44.6 Å². The van der Waals surface area contributed by atoms with Crippen LogP contribution in [0.5, 0.6) is 0 Å². The van der Waals surface area contributed by atoms with E-state index in [-0.39, 0.29) is 27.9 Å². The molecule has 2 aliphatic rings. The number of nitrogens with zero attached hydrogens (tertiary/aromatic N) is 7. The number of piperidine rings is 2. The standard InChI is InChI=1S/C26H27BrN4O4S2.C20H23BrN4O2S.C6H5ClO2S/c1-26(2,3)35-25(32)30-11-9-17(10-12-30)24-29-22(16-36-24)21-15-31(23-20(21)13-18(27)14-28-23)37(33,34)19-7-5-4-6-8-19;1-20(2,3)27-19(26)25-6-4-12(5-7-25)18-24-16(11-28-18)15-10-23-17-14(15)8-13(21)9-22-17;7-10(8,9)6-4-2-1-3-5-6/h4-8,13-17H,9-12H2,1-3H3;8-12H,4-7H2,1-3H3,(H,22,23);1-5H. The minimum Gasteiger partial charge on any atom is -0.444 e. The van der Waals surface area contributed by atoms with Gasteiger partial charge < -0.3 is 24.3 Å². The molecule has 0 saturated carbocycles. The molecule has 0 radical (unpaired) electrons. The van der Waals surface area contributed by atoms with Gasteiger partial charge in [0.1, 0.15) is 16.8 Å². The van der Waals surface area contributed by atoms with E-state index < -0.39 is 30.3 Å². The number of halogens is 3. The van der Waals surface area contributed by atoms with Gasteiger partial charge in [0.05, 0.1) is 31.2 Å². The molecule has 2 aromatic carbocycles. The van der Waals surface area contributed by atoms with Gasteiger partial charge in [-0.15, -0.1) is 22.7 Å². The number of likely N-dealkylation sites (tertiary alicyclic amines) is 2. The predicted molar refractivity (Wildman–Crippen MR) is 302 cm³/mol.